The van der Waals surface area contributed by atoms with E-state index in [1.54, 1.807) is 0 Å². The summed E-state index contributed by atoms with van der Waals surface area (Å²) in [5, 5.41) is 3.51. The molecule has 1 fully saturated rings. The molecule has 0 aliphatic carbocycles. The van der Waals surface area contributed by atoms with Crippen molar-refractivity contribution in [1.29, 1.82) is 0 Å². The van der Waals surface area contributed by atoms with Crippen molar-refractivity contribution in [3.05, 3.63) is 34.9 Å². The first kappa shape index (κ1) is 16.5. The van der Waals surface area contributed by atoms with Crippen molar-refractivity contribution in [2.24, 2.45) is 0 Å². The molecule has 1 aliphatic rings. The fraction of sp³-hybridized carbons (Fsp3) is 0.684. The predicted molar refractivity (Wildman–Crippen MR) is 91.9 cm³/mol. The molecule has 0 bridgehead atoms. The van der Waals surface area contributed by atoms with E-state index in [9.17, 15) is 0 Å². The van der Waals surface area contributed by atoms with Gasteiger partial charge in [0.05, 0.1) is 0 Å². The Morgan fingerprint density at radius 3 is 2.10 bits per heavy atom. The Morgan fingerprint density at radius 1 is 0.952 bits per heavy atom. The molecule has 1 atom stereocenters. The number of aryl methyl sites for hydroxylation is 2. The molecular formula is C19H32N2. The van der Waals surface area contributed by atoms with Crippen LogP contribution in [0, 0.1) is 13.8 Å². The number of hydrogen-bond acceptors (Lipinski definition) is 2. The lowest BCUT2D eigenvalue weighted by molar-refractivity contribution is 0.235. The molecule has 118 valence electrons. The lowest BCUT2D eigenvalue weighted by Crippen LogP contribution is -2.31. The maximum atomic E-state index is 3.51. The second kappa shape index (κ2) is 8.55. The third kappa shape index (κ3) is 5.44. The van der Waals surface area contributed by atoms with E-state index < -0.39 is 0 Å². The van der Waals surface area contributed by atoms with Gasteiger partial charge in [0.1, 0.15) is 0 Å². The van der Waals surface area contributed by atoms with E-state index >= 15 is 0 Å². The fourth-order valence-corrected chi connectivity index (χ4v) is 3.54. The summed E-state index contributed by atoms with van der Waals surface area (Å²) in [5.41, 5.74) is 4.19. The summed E-state index contributed by atoms with van der Waals surface area (Å²) >= 11 is 0. The molecule has 1 unspecified atom stereocenters. The third-order valence-electron chi connectivity index (χ3n) is 4.68. The van der Waals surface area contributed by atoms with Crippen LogP contribution in [-0.4, -0.2) is 31.6 Å². The van der Waals surface area contributed by atoms with E-state index in [1.807, 2.05) is 0 Å². The van der Waals surface area contributed by atoms with Crippen LogP contribution in [0.3, 0.4) is 0 Å². The third-order valence-corrected chi connectivity index (χ3v) is 4.68. The van der Waals surface area contributed by atoms with Crippen molar-refractivity contribution in [2.75, 3.05) is 26.7 Å². The average molecular weight is 288 g/mol. The molecule has 1 aromatic carbocycles. The van der Waals surface area contributed by atoms with Gasteiger partial charge < -0.3 is 10.2 Å². The van der Waals surface area contributed by atoms with Crippen LogP contribution in [0.15, 0.2) is 18.2 Å². The van der Waals surface area contributed by atoms with Crippen molar-refractivity contribution >= 4 is 0 Å². The van der Waals surface area contributed by atoms with Crippen LogP contribution < -0.4 is 5.32 Å². The SMILES string of the molecule is CNC(CCN1CCCCCCC1)c1cc(C)cc(C)c1. The molecule has 0 saturated carbocycles. The minimum absolute atomic E-state index is 0.481. The van der Waals surface area contributed by atoms with Crippen LogP contribution in [0.4, 0.5) is 0 Å². The molecule has 0 amide bonds. The highest BCUT2D eigenvalue weighted by molar-refractivity contribution is 5.30. The second-order valence-corrected chi connectivity index (χ2v) is 6.66. The van der Waals surface area contributed by atoms with Crippen molar-refractivity contribution in [3.8, 4) is 0 Å². The number of nitrogens with zero attached hydrogens (tertiary/aromatic N) is 1. The predicted octanol–water partition coefficient (Wildman–Crippen LogP) is 4.22. The van der Waals surface area contributed by atoms with Gasteiger partial charge in [-0.1, -0.05) is 48.6 Å². The molecule has 2 nitrogen and oxygen atoms in total. The second-order valence-electron chi connectivity index (χ2n) is 6.66. The van der Waals surface area contributed by atoms with Gasteiger partial charge in [0.2, 0.25) is 0 Å². The minimum atomic E-state index is 0.481. The van der Waals surface area contributed by atoms with E-state index in [-0.39, 0.29) is 0 Å². The summed E-state index contributed by atoms with van der Waals surface area (Å²) in [6.07, 6.45) is 8.25. The lowest BCUT2D eigenvalue weighted by atomic mass is 9.98. The van der Waals surface area contributed by atoms with Gasteiger partial charge in [-0.15, -0.1) is 0 Å². The first-order chi connectivity index (χ1) is 10.2. The summed E-state index contributed by atoms with van der Waals surface area (Å²) in [5.74, 6) is 0. The highest BCUT2D eigenvalue weighted by Gasteiger charge is 2.13. The molecule has 1 N–H and O–H groups in total. The highest BCUT2D eigenvalue weighted by Crippen LogP contribution is 2.21. The highest BCUT2D eigenvalue weighted by atomic mass is 15.1. The number of likely N-dealkylation sites (tertiary alicyclic amines) is 1. The van der Waals surface area contributed by atoms with E-state index in [1.165, 1.54) is 74.8 Å². The lowest BCUT2D eigenvalue weighted by Gasteiger charge is -2.27. The Hall–Kier alpha value is -0.860. The summed E-state index contributed by atoms with van der Waals surface area (Å²) in [7, 11) is 2.09. The van der Waals surface area contributed by atoms with Crippen LogP contribution in [0.25, 0.3) is 0 Å². The first-order valence-corrected chi connectivity index (χ1v) is 8.67. The Bertz CT molecular complexity index is 399. The standard InChI is InChI=1S/C19H32N2/c1-16-13-17(2)15-18(14-16)19(20-3)9-12-21-10-7-5-4-6-8-11-21/h13-15,19-20H,4-12H2,1-3H3. The van der Waals surface area contributed by atoms with E-state index in [0.717, 1.165) is 0 Å². The minimum Gasteiger partial charge on any atom is -0.313 e. The molecule has 0 aromatic heterocycles. The molecule has 1 aliphatic heterocycles. The molecule has 0 spiro atoms. The van der Waals surface area contributed by atoms with Crippen molar-refractivity contribution in [1.82, 2.24) is 10.2 Å². The fourth-order valence-electron chi connectivity index (χ4n) is 3.54. The molecule has 1 saturated heterocycles. The zero-order valence-electron chi connectivity index (χ0n) is 14.1. The first-order valence-electron chi connectivity index (χ1n) is 8.67. The Labute approximate surface area is 130 Å². The largest absolute Gasteiger partial charge is 0.313 e. The monoisotopic (exact) mass is 288 g/mol. The van der Waals surface area contributed by atoms with Crippen LogP contribution in [-0.2, 0) is 0 Å². The number of rotatable bonds is 5. The van der Waals surface area contributed by atoms with E-state index in [2.05, 4.69) is 49.3 Å². The van der Waals surface area contributed by atoms with Gasteiger partial charge in [0, 0.05) is 6.04 Å². The molecule has 0 radical (unpaired) electrons. The Morgan fingerprint density at radius 2 is 1.52 bits per heavy atom. The summed E-state index contributed by atoms with van der Waals surface area (Å²) in [6, 6.07) is 7.41. The van der Waals surface area contributed by atoms with Crippen molar-refractivity contribution in [3.63, 3.8) is 0 Å². The van der Waals surface area contributed by atoms with Crippen molar-refractivity contribution in [2.45, 2.75) is 58.4 Å². The van der Waals surface area contributed by atoms with Gasteiger partial charge in [-0.25, -0.2) is 0 Å². The molecule has 21 heavy (non-hydrogen) atoms. The van der Waals surface area contributed by atoms with Gasteiger partial charge in [0.25, 0.3) is 0 Å². The smallest absolute Gasteiger partial charge is 0.0329 e. The van der Waals surface area contributed by atoms with Gasteiger partial charge in [-0.3, -0.25) is 0 Å². The maximum absolute atomic E-state index is 3.51. The summed E-state index contributed by atoms with van der Waals surface area (Å²) in [4.78, 5) is 2.67. The molecule has 2 heteroatoms. The Balaban J connectivity index is 1.91. The maximum Gasteiger partial charge on any atom is 0.0329 e. The van der Waals surface area contributed by atoms with Gasteiger partial charge >= 0.3 is 0 Å². The molecular weight excluding hydrogens is 256 g/mol. The van der Waals surface area contributed by atoms with Gasteiger partial charge in [-0.05, 0) is 65.4 Å². The van der Waals surface area contributed by atoms with Crippen LogP contribution in [0.2, 0.25) is 0 Å². The van der Waals surface area contributed by atoms with E-state index in [4.69, 9.17) is 0 Å². The quantitative estimate of drug-likeness (QED) is 0.872. The number of hydrogen-bond donors (Lipinski definition) is 1. The number of nitrogens with one attached hydrogen (secondary N) is 1. The normalized spacial score (nSPS) is 19.0. The summed E-state index contributed by atoms with van der Waals surface area (Å²) < 4.78 is 0. The van der Waals surface area contributed by atoms with Gasteiger partial charge in [-0.2, -0.15) is 0 Å². The molecule has 1 aromatic rings. The Kier molecular flexibility index (Phi) is 6.72. The van der Waals surface area contributed by atoms with Crippen LogP contribution in [0.1, 0.15) is 61.3 Å². The summed E-state index contributed by atoms with van der Waals surface area (Å²) in [6.45, 7) is 8.20. The van der Waals surface area contributed by atoms with Crippen molar-refractivity contribution < 1.29 is 0 Å². The zero-order valence-corrected chi connectivity index (χ0v) is 14.1. The molecule has 1 heterocycles. The van der Waals surface area contributed by atoms with E-state index in [0.29, 0.717) is 6.04 Å². The molecule has 2 rings (SSSR count). The zero-order chi connectivity index (χ0) is 15.1. The number of benzene rings is 1. The van der Waals surface area contributed by atoms with Crippen LogP contribution in [0.5, 0.6) is 0 Å². The topological polar surface area (TPSA) is 15.3 Å². The average Bonchev–Trinajstić information content (AvgIpc) is 2.40. The van der Waals surface area contributed by atoms with Crippen LogP contribution >= 0.6 is 0 Å². The van der Waals surface area contributed by atoms with Gasteiger partial charge in [0.15, 0.2) is 0 Å².